The Bertz CT molecular complexity index is 821. The molecule has 22 heavy (non-hydrogen) atoms. The fourth-order valence-corrected chi connectivity index (χ4v) is 2.19. The molecule has 0 unspecified atom stereocenters. The van der Waals surface area contributed by atoms with E-state index >= 15 is 0 Å². The van der Waals surface area contributed by atoms with Gasteiger partial charge in [0, 0.05) is 11.1 Å². The molecule has 0 fully saturated rings. The number of carboxylic acid groups (broad SMARTS) is 1. The van der Waals surface area contributed by atoms with E-state index in [1.807, 2.05) is 31.2 Å². The second-order valence-corrected chi connectivity index (χ2v) is 4.99. The fraction of sp³-hybridized carbons (Fsp3) is 0.0588. The molecule has 1 heterocycles. The van der Waals surface area contributed by atoms with Gasteiger partial charge >= 0.3 is 5.97 Å². The zero-order chi connectivity index (χ0) is 15.7. The van der Waals surface area contributed by atoms with Crippen molar-refractivity contribution in [2.45, 2.75) is 6.92 Å². The Morgan fingerprint density at radius 1 is 1.05 bits per heavy atom. The number of nitrogens with one attached hydrogen (secondary N) is 1. The molecule has 5 heteroatoms. The van der Waals surface area contributed by atoms with Crippen LogP contribution in [0.5, 0.6) is 0 Å². The second-order valence-electron chi connectivity index (χ2n) is 4.99. The average Bonchev–Trinajstić information content (AvgIpc) is 2.94. The van der Waals surface area contributed by atoms with Gasteiger partial charge in [-0.25, -0.2) is 14.2 Å². The van der Waals surface area contributed by atoms with Gasteiger partial charge < -0.3 is 10.1 Å². The van der Waals surface area contributed by atoms with E-state index in [-0.39, 0.29) is 11.5 Å². The topological polar surface area (TPSA) is 66.0 Å². The number of aryl methyl sites for hydroxylation is 1. The van der Waals surface area contributed by atoms with Crippen LogP contribution in [-0.2, 0) is 0 Å². The third-order valence-corrected chi connectivity index (χ3v) is 3.36. The molecule has 0 radical (unpaired) electrons. The molecule has 0 aliphatic carbocycles. The first kappa shape index (κ1) is 14.0. The standard InChI is InChI=1S/C17H13FN2O2/c1-10-2-4-12(5-3-10)16-19-14(15(20-16)17(21)22)11-6-8-13(18)9-7-11/h2-9H,1H3,(H,19,20)(H,21,22). The molecular weight excluding hydrogens is 283 g/mol. The minimum absolute atomic E-state index is 0.0119. The lowest BCUT2D eigenvalue weighted by Gasteiger charge is -1.98. The van der Waals surface area contributed by atoms with Gasteiger partial charge in [-0.2, -0.15) is 0 Å². The Morgan fingerprint density at radius 2 is 1.64 bits per heavy atom. The maximum Gasteiger partial charge on any atom is 0.354 e. The molecule has 0 amide bonds. The van der Waals surface area contributed by atoms with Crippen molar-refractivity contribution < 1.29 is 14.3 Å². The summed E-state index contributed by atoms with van der Waals surface area (Å²) in [4.78, 5) is 18.6. The molecule has 0 atom stereocenters. The van der Waals surface area contributed by atoms with E-state index in [1.54, 1.807) is 0 Å². The largest absolute Gasteiger partial charge is 0.477 e. The minimum Gasteiger partial charge on any atom is -0.477 e. The third-order valence-electron chi connectivity index (χ3n) is 3.36. The molecule has 2 aromatic carbocycles. The lowest BCUT2D eigenvalue weighted by Crippen LogP contribution is -1.99. The van der Waals surface area contributed by atoms with Crippen molar-refractivity contribution >= 4 is 5.97 Å². The van der Waals surface area contributed by atoms with E-state index in [0.717, 1.165) is 11.1 Å². The number of imidazole rings is 1. The molecule has 0 spiro atoms. The molecular formula is C17H13FN2O2. The molecule has 0 aliphatic rings. The summed E-state index contributed by atoms with van der Waals surface area (Å²) in [6.07, 6.45) is 0. The van der Waals surface area contributed by atoms with Crippen LogP contribution >= 0.6 is 0 Å². The summed E-state index contributed by atoms with van der Waals surface area (Å²) in [6.45, 7) is 1.97. The van der Waals surface area contributed by atoms with Crippen molar-refractivity contribution in [3.05, 3.63) is 65.6 Å². The maximum absolute atomic E-state index is 13.0. The predicted molar refractivity (Wildman–Crippen MR) is 81.1 cm³/mol. The van der Waals surface area contributed by atoms with Crippen molar-refractivity contribution in [2.24, 2.45) is 0 Å². The molecule has 4 nitrogen and oxygen atoms in total. The summed E-state index contributed by atoms with van der Waals surface area (Å²) in [5, 5.41) is 9.34. The van der Waals surface area contributed by atoms with Gasteiger partial charge in [0.05, 0.1) is 0 Å². The van der Waals surface area contributed by atoms with Crippen molar-refractivity contribution in [1.82, 2.24) is 9.97 Å². The number of rotatable bonds is 3. The van der Waals surface area contributed by atoms with Gasteiger partial charge in [0.15, 0.2) is 5.69 Å². The van der Waals surface area contributed by atoms with Gasteiger partial charge in [-0.05, 0) is 31.2 Å². The number of carboxylic acids is 1. The molecule has 0 saturated carbocycles. The lowest BCUT2D eigenvalue weighted by atomic mass is 10.1. The Kier molecular flexibility index (Phi) is 3.47. The highest BCUT2D eigenvalue weighted by atomic mass is 19.1. The number of aromatic nitrogens is 2. The van der Waals surface area contributed by atoms with Gasteiger partial charge in [-0.15, -0.1) is 0 Å². The van der Waals surface area contributed by atoms with Gasteiger partial charge in [0.1, 0.15) is 17.3 Å². The molecule has 3 rings (SSSR count). The van der Waals surface area contributed by atoms with Crippen LogP contribution in [0.2, 0.25) is 0 Å². The van der Waals surface area contributed by atoms with Gasteiger partial charge in [-0.3, -0.25) is 0 Å². The van der Waals surface area contributed by atoms with E-state index in [9.17, 15) is 14.3 Å². The van der Waals surface area contributed by atoms with Crippen LogP contribution in [0.4, 0.5) is 4.39 Å². The molecule has 0 bridgehead atoms. The number of hydrogen-bond acceptors (Lipinski definition) is 2. The highest BCUT2D eigenvalue weighted by Gasteiger charge is 2.18. The Hall–Kier alpha value is -2.95. The van der Waals surface area contributed by atoms with Gasteiger partial charge in [0.2, 0.25) is 0 Å². The van der Waals surface area contributed by atoms with Crippen molar-refractivity contribution in [3.8, 4) is 22.6 Å². The SMILES string of the molecule is Cc1ccc(-c2nc(-c3ccc(F)cc3)c(C(=O)O)[nH]2)cc1. The normalized spacial score (nSPS) is 10.6. The summed E-state index contributed by atoms with van der Waals surface area (Å²) in [6, 6.07) is 13.2. The number of aromatic carboxylic acids is 1. The number of nitrogens with zero attached hydrogens (tertiary/aromatic N) is 1. The maximum atomic E-state index is 13.0. The summed E-state index contributed by atoms with van der Waals surface area (Å²) in [5.41, 5.74) is 2.73. The monoisotopic (exact) mass is 296 g/mol. The summed E-state index contributed by atoms with van der Waals surface area (Å²) in [5.74, 6) is -1.02. The van der Waals surface area contributed by atoms with Crippen LogP contribution in [-0.4, -0.2) is 21.0 Å². The van der Waals surface area contributed by atoms with Crippen LogP contribution < -0.4 is 0 Å². The molecule has 0 saturated heterocycles. The van der Waals surface area contributed by atoms with E-state index in [0.29, 0.717) is 17.1 Å². The molecule has 110 valence electrons. The predicted octanol–water partition coefficient (Wildman–Crippen LogP) is 3.89. The van der Waals surface area contributed by atoms with E-state index in [2.05, 4.69) is 9.97 Å². The highest BCUT2D eigenvalue weighted by molar-refractivity contribution is 5.94. The third kappa shape index (κ3) is 2.61. The van der Waals surface area contributed by atoms with Crippen LogP contribution in [0.25, 0.3) is 22.6 Å². The minimum atomic E-state index is -1.11. The second kappa shape index (κ2) is 5.44. The summed E-state index contributed by atoms with van der Waals surface area (Å²) in [7, 11) is 0. The summed E-state index contributed by atoms with van der Waals surface area (Å²) >= 11 is 0. The smallest absolute Gasteiger partial charge is 0.354 e. The molecule has 1 aromatic heterocycles. The van der Waals surface area contributed by atoms with Crippen molar-refractivity contribution in [2.75, 3.05) is 0 Å². The Morgan fingerprint density at radius 3 is 2.23 bits per heavy atom. The quantitative estimate of drug-likeness (QED) is 0.770. The molecule has 2 N–H and O–H groups in total. The zero-order valence-electron chi connectivity index (χ0n) is 11.8. The first-order valence-corrected chi connectivity index (χ1v) is 6.71. The first-order valence-electron chi connectivity index (χ1n) is 6.71. The van der Waals surface area contributed by atoms with Gasteiger partial charge in [-0.1, -0.05) is 29.8 Å². The van der Waals surface area contributed by atoms with Crippen LogP contribution in [0.15, 0.2) is 48.5 Å². The number of halogens is 1. The fourth-order valence-electron chi connectivity index (χ4n) is 2.19. The Balaban J connectivity index is 2.11. The zero-order valence-corrected chi connectivity index (χ0v) is 11.8. The van der Waals surface area contributed by atoms with Crippen molar-refractivity contribution in [1.29, 1.82) is 0 Å². The van der Waals surface area contributed by atoms with E-state index < -0.39 is 5.97 Å². The first-order chi connectivity index (χ1) is 10.5. The Labute approximate surface area is 126 Å². The van der Waals surface area contributed by atoms with E-state index in [1.165, 1.54) is 24.3 Å². The van der Waals surface area contributed by atoms with Crippen LogP contribution in [0, 0.1) is 12.7 Å². The number of benzene rings is 2. The van der Waals surface area contributed by atoms with Crippen LogP contribution in [0.3, 0.4) is 0 Å². The molecule has 3 aromatic rings. The van der Waals surface area contributed by atoms with E-state index in [4.69, 9.17) is 0 Å². The van der Waals surface area contributed by atoms with Crippen molar-refractivity contribution in [3.63, 3.8) is 0 Å². The number of aromatic amines is 1. The number of H-pyrrole nitrogens is 1. The van der Waals surface area contributed by atoms with Gasteiger partial charge in [0.25, 0.3) is 0 Å². The summed E-state index contributed by atoms with van der Waals surface area (Å²) < 4.78 is 13.0. The number of hydrogen-bond donors (Lipinski definition) is 2. The lowest BCUT2D eigenvalue weighted by molar-refractivity contribution is 0.0692. The number of carbonyl (C=O) groups is 1. The highest BCUT2D eigenvalue weighted by Crippen LogP contribution is 2.26. The average molecular weight is 296 g/mol. The molecule has 0 aliphatic heterocycles. The van der Waals surface area contributed by atoms with Crippen LogP contribution in [0.1, 0.15) is 16.1 Å².